The Labute approximate surface area is 150 Å². The third kappa shape index (κ3) is 2.31. The first-order valence-corrected chi connectivity index (χ1v) is 8.91. The number of aromatic nitrogens is 2. The maximum absolute atomic E-state index is 12.7. The maximum Gasteiger partial charge on any atom is 0.364 e. The molecule has 26 heavy (non-hydrogen) atoms. The minimum absolute atomic E-state index is 0.331. The molecule has 130 valence electrons. The lowest BCUT2D eigenvalue weighted by atomic mass is 9.96. The van der Waals surface area contributed by atoms with Crippen molar-refractivity contribution < 1.29 is 13.9 Å². The molecule has 0 fully saturated rings. The van der Waals surface area contributed by atoms with Gasteiger partial charge in [-0.05, 0) is 56.5 Å². The number of aryl methyl sites for hydroxylation is 3. The molecule has 0 aliphatic heterocycles. The summed E-state index contributed by atoms with van der Waals surface area (Å²) in [4.78, 5) is 17.1. The molecule has 0 bridgehead atoms. The van der Waals surface area contributed by atoms with Gasteiger partial charge in [0.1, 0.15) is 22.9 Å². The molecule has 4 aromatic rings. The van der Waals surface area contributed by atoms with Crippen molar-refractivity contribution in [3.63, 3.8) is 0 Å². The normalized spacial score (nSPS) is 13.9. The van der Waals surface area contributed by atoms with E-state index in [9.17, 15) is 4.79 Å². The number of rotatable bonds is 2. The van der Waals surface area contributed by atoms with Crippen molar-refractivity contribution in [1.29, 1.82) is 0 Å². The van der Waals surface area contributed by atoms with Crippen molar-refractivity contribution >= 4 is 22.5 Å². The predicted molar refractivity (Wildman–Crippen MR) is 97.7 cm³/mol. The molecule has 0 unspecified atom stereocenters. The van der Waals surface area contributed by atoms with Crippen molar-refractivity contribution in [3.8, 4) is 5.75 Å². The van der Waals surface area contributed by atoms with Gasteiger partial charge in [-0.15, -0.1) is 0 Å². The van der Waals surface area contributed by atoms with Gasteiger partial charge < -0.3 is 13.6 Å². The van der Waals surface area contributed by atoms with Gasteiger partial charge >= 0.3 is 5.97 Å². The summed E-state index contributed by atoms with van der Waals surface area (Å²) in [5.74, 6) is 1.90. The highest BCUT2D eigenvalue weighted by atomic mass is 16.5. The molecule has 1 aliphatic rings. The Kier molecular flexibility index (Phi) is 3.35. The zero-order valence-electron chi connectivity index (χ0n) is 14.5. The number of benzene rings is 1. The summed E-state index contributed by atoms with van der Waals surface area (Å²) in [5.41, 5.74) is 3.20. The topological polar surface area (TPSA) is 56.7 Å². The van der Waals surface area contributed by atoms with Gasteiger partial charge in [-0.3, -0.25) is 0 Å². The van der Waals surface area contributed by atoms with Crippen LogP contribution in [0.4, 0.5) is 0 Å². The largest absolute Gasteiger partial charge is 0.461 e. The van der Waals surface area contributed by atoms with Crippen LogP contribution in [0, 0.1) is 6.92 Å². The molecule has 3 heterocycles. The molecule has 0 N–H and O–H groups in total. The highest BCUT2D eigenvalue weighted by molar-refractivity contribution is 5.97. The highest BCUT2D eigenvalue weighted by Gasteiger charge is 2.20. The van der Waals surface area contributed by atoms with Gasteiger partial charge in [0, 0.05) is 23.6 Å². The summed E-state index contributed by atoms with van der Waals surface area (Å²) in [7, 11) is 0. The molecule has 5 heteroatoms. The molecule has 0 saturated carbocycles. The molecule has 5 nitrogen and oxygen atoms in total. The molecule has 5 rings (SSSR count). The van der Waals surface area contributed by atoms with Gasteiger partial charge in [0.05, 0.1) is 5.52 Å². The fourth-order valence-electron chi connectivity index (χ4n) is 3.80. The molecule has 1 aromatic carbocycles. The van der Waals surface area contributed by atoms with Crippen LogP contribution in [-0.4, -0.2) is 15.4 Å². The van der Waals surface area contributed by atoms with Crippen LogP contribution >= 0.6 is 0 Å². The van der Waals surface area contributed by atoms with Gasteiger partial charge in [0.25, 0.3) is 0 Å². The molecular weight excluding hydrogens is 328 g/mol. The lowest BCUT2D eigenvalue weighted by Gasteiger charge is -2.08. The Hall–Kier alpha value is -3.08. The molecule has 0 radical (unpaired) electrons. The fraction of sp³-hybridized carbons (Fsp3) is 0.238. The lowest BCUT2D eigenvalue weighted by molar-refractivity contribution is 0.0731. The van der Waals surface area contributed by atoms with E-state index in [0.717, 1.165) is 40.9 Å². The molecule has 0 atom stereocenters. The number of carbonyl (C=O) groups is 1. The second kappa shape index (κ2) is 5.73. The summed E-state index contributed by atoms with van der Waals surface area (Å²) < 4.78 is 13.5. The fourth-order valence-corrected chi connectivity index (χ4v) is 3.80. The molecule has 1 aliphatic carbocycles. The SMILES string of the molecule is Cc1nc(C(=O)Oc2ccc3oc4c(c3c2)CCCC4)c2ccccn12. The van der Waals surface area contributed by atoms with Crippen molar-refractivity contribution in [2.75, 3.05) is 0 Å². The molecular formula is C21H18N2O3. The van der Waals surface area contributed by atoms with E-state index in [4.69, 9.17) is 9.15 Å². The third-order valence-corrected chi connectivity index (χ3v) is 5.06. The minimum Gasteiger partial charge on any atom is -0.461 e. The number of carbonyl (C=O) groups excluding carboxylic acids is 1. The van der Waals surface area contributed by atoms with E-state index in [-0.39, 0.29) is 0 Å². The van der Waals surface area contributed by atoms with Crippen LogP contribution in [0.2, 0.25) is 0 Å². The number of pyridine rings is 1. The minimum atomic E-state index is -0.446. The Balaban J connectivity index is 1.51. The van der Waals surface area contributed by atoms with E-state index < -0.39 is 5.97 Å². The Morgan fingerprint density at radius 2 is 2.08 bits per heavy atom. The van der Waals surface area contributed by atoms with Gasteiger partial charge in [-0.2, -0.15) is 0 Å². The van der Waals surface area contributed by atoms with Crippen LogP contribution in [0.1, 0.15) is 40.5 Å². The second-order valence-corrected chi connectivity index (χ2v) is 6.72. The number of fused-ring (bicyclic) bond motifs is 4. The van der Waals surface area contributed by atoms with Gasteiger partial charge in [-0.1, -0.05) is 6.07 Å². The predicted octanol–water partition coefficient (Wildman–Crippen LogP) is 4.49. The number of furan rings is 1. The average Bonchev–Trinajstić information content (AvgIpc) is 3.20. The summed E-state index contributed by atoms with van der Waals surface area (Å²) in [6, 6.07) is 11.2. The second-order valence-electron chi connectivity index (χ2n) is 6.72. The van der Waals surface area contributed by atoms with Gasteiger partial charge in [0.2, 0.25) is 0 Å². The number of hydrogen-bond donors (Lipinski definition) is 0. The number of imidazole rings is 1. The Bertz CT molecular complexity index is 1150. The van der Waals surface area contributed by atoms with E-state index in [2.05, 4.69) is 4.98 Å². The van der Waals surface area contributed by atoms with Crippen LogP contribution < -0.4 is 4.74 Å². The number of ether oxygens (including phenoxy) is 1. The third-order valence-electron chi connectivity index (χ3n) is 5.06. The van der Waals surface area contributed by atoms with E-state index in [1.165, 1.54) is 18.4 Å². The van der Waals surface area contributed by atoms with Crippen LogP contribution in [0.3, 0.4) is 0 Å². The number of hydrogen-bond acceptors (Lipinski definition) is 4. The lowest BCUT2D eigenvalue weighted by Crippen LogP contribution is -2.09. The maximum atomic E-state index is 12.7. The van der Waals surface area contributed by atoms with E-state index in [1.54, 1.807) is 6.07 Å². The van der Waals surface area contributed by atoms with Crippen molar-refractivity contribution in [1.82, 2.24) is 9.38 Å². The van der Waals surface area contributed by atoms with Crippen LogP contribution in [0.25, 0.3) is 16.5 Å². The summed E-state index contributed by atoms with van der Waals surface area (Å²) in [6.45, 7) is 1.87. The van der Waals surface area contributed by atoms with Crippen LogP contribution in [0.5, 0.6) is 5.75 Å². The van der Waals surface area contributed by atoms with E-state index >= 15 is 0 Å². The van der Waals surface area contributed by atoms with E-state index in [1.807, 2.05) is 47.9 Å². The zero-order chi connectivity index (χ0) is 17.7. The molecule has 0 spiro atoms. The Morgan fingerprint density at radius 1 is 1.19 bits per heavy atom. The number of nitrogens with zero attached hydrogens (tertiary/aromatic N) is 2. The number of esters is 1. The molecule has 0 amide bonds. The Morgan fingerprint density at radius 3 is 3.00 bits per heavy atom. The monoisotopic (exact) mass is 346 g/mol. The van der Waals surface area contributed by atoms with Crippen molar-refractivity contribution in [2.24, 2.45) is 0 Å². The quantitative estimate of drug-likeness (QED) is 0.396. The van der Waals surface area contributed by atoms with Gasteiger partial charge in [0.15, 0.2) is 5.69 Å². The average molecular weight is 346 g/mol. The smallest absolute Gasteiger partial charge is 0.364 e. The standard InChI is InChI=1S/C21H18N2O3/c1-13-22-20(17-7-4-5-11-23(13)17)21(24)25-14-9-10-19-16(12-14)15-6-2-3-8-18(15)26-19/h4-5,7,9-12H,2-3,6,8H2,1H3. The van der Waals surface area contributed by atoms with Crippen LogP contribution in [0.15, 0.2) is 47.0 Å². The van der Waals surface area contributed by atoms with Crippen molar-refractivity contribution in [3.05, 3.63) is 65.4 Å². The molecule has 0 saturated heterocycles. The first kappa shape index (κ1) is 15.2. The summed E-state index contributed by atoms with van der Waals surface area (Å²) in [6.07, 6.45) is 6.23. The van der Waals surface area contributed by atoms with E-state index in [0.29, 0.717) is 11.4 Å². The zero-order valence-corrected chi connectivity index (χ0v) is 14.5. The highest BCUT2D eigenvalue weighted by Crippen LogP contribution is 2.34. The first-order chi connectivity index (χ1) is 12.7. The summed E-state index contributed by atoms with van der Waals surface area (Å²) in [5, 5.41) is 1.05. The first-order valence-electron chi connectivity index (χ1n) is 8.91. The van der Waals surface area contributed by atoms with Crippen LogP contribution in [-0.2, 0) is 12.8 Å². The van der Waals surface area contributed by atoms with Gasteiger partial charge in [-0.25, -0.2) is 9.78 Å². The summed E-state index contributed by atoms with van der Waals surface area (Å²) >= 11 is 0. The van der Waals surface area contributed by atoms with Crippen molar-refractivity contribution in [2.45, 2.75) is 32.6 Å². The molecule has 3 aromatic heterocycles.